The number of amides is 1. The summed E-state index contributed by atoms with van der Waals surface area (Å²) in [5.74, 6) is -0.584. The van der Waals surface area contributed by atoms with Gasteiger partial charge in [0.05, 0.1) is 38.9 Å². The Kier molecular flexibility index (Phi) is 13.9. The molecule has 3 aliphatic rings. The van der Waals surface area contributed by atoms with E-state index in [0.29, 0.717) is 45.9 Å². The lowest BCUT2D eigenvalue weighted by atomic mass is 9.81. The van der Waals surface area contributed by atoms with Crippen LogP contribution >= 0.6 is 24.8 Å². The van der Waals surface area contributed by atoms with E-state index in [1.807, 2.05) is 41.3 Å². The first-order valence-electron chi connectivity index (χ1n) is 15.9. The predicted molar refractivity (Wildman–Crippen MR) is 182 cm³/mol. The van der Waals surface area contributed by atoms with Crippen molar-refractivity contribution in [2.45, 2.75) is 30.7 Å². The van der Waals surface area contributed by atoms with Crippen LogP contribution in [0.2, 0.25) is 0 Å². The molecule has 3 fully saturated rings. The molecular weight excluding hydrogens is 702 g/mol. The van der Waals surface area contributed by atoms with Crippen LogP contribution in [0.5, 0.6) is 17.8 Å². The highest BCUT2D eigenvalue weighted by atomic mass is 35.5. The Morgan fingerprint density at radius 1 is 0.880 bits per heavy atom. The van der Waals surface area contributed by atoms with Crippen molar-refractivity contribution in [3.8, 4) is 17.8 Å². The number of halogens is 5. The van der Waals surface area contributed by atoms with Crippen molar-refractivity contribution in [2.24, 2.45) is 5.92 Å². The van der Waals surface area contributed by atoms with E-state index in [1.54, 1.807) is 0 Å². The average molecular weight is 745 g/mol. The maximum Gasteiger partial charge on any atom is 0.422 e. The van der Waals surface area contributed by atoms with Gasteiger partial charge < -0.3 is 28.6 Å². The summed E-state index contributed by atoms with van der Waals surface area (Å²) in [6.45, 7) is 2.24. The second-order valence-electron chi connectivity index (χ2n) is 12.2. The van der Waals surface area contributed by atoms with Crippen LogP contribution < -0.4 is 14.2 Å². The number of nitrogens with zero attached hydrogens (tertiary/aromatic N) is 5. The highest BCUT2D eigenvalue weighted by Crippen LogP contribution is 2.38. The minimum Gasteiger partial charge on any atom is -0.481 e. The lowest BCUT2D eigenvalue weighted by molar-refractivity contribution is -0.164. The van der Waals surface area contributed by atoms with E-state index >= 15 is 0 Å². The number of carbonyl (C=O) groups is 1. The van der Waals surface area contributed by atoms with Crippen LogP contribution in [0, 0.1) is 5.92 Å². The van der Waals surface area contributed by atoms with Gasteiger partial charge in [0.25, 0.3) is 0 Å². The van der Waals surface area contributed by atoms with Crippen molar-refractivity contribution in [3.05, 3.63) is 77.4 Å². The van der Waals surface area contributed by atoms with E-state index in [4.69, 9.17) is 23.7 Å². The van der Waals surface area contributed by atoms with E-state index < -0.39 is 12.8 Å². The van der Waals surface area contributed by atoms with Gasteiger partial charge >= 0.3 is 12.2 Å². The Hall–Kier alpha value is -3.40. The van der Waals surface area contributed by atoms with Gasteiger partial charge in [0.1, 0.15) is 6.79 Å². The number of piperazine rings is 2. The summed E-state index contributed by atoms with van der Waals surface area (Å²) in [7, 11) is 2.71. The first-order chi connectivity index (χ1) is 23.2. The van der Waals surface area contributed by atoms with Gasteiger partial charge in [-0.3, -0.25) is 14.6 Å². The molecule has 3 aromatic rings. The van der Waals surface area contributed by atoms with Crippen LogP contribution in [-0.2, 0) is 20.8 Å². The standard InChI is InChI=1S/C34H40F3N5O6.2ClH/c1-44-30-27(31(39-33(38-30)45-2)48-21-34(35,36)37)17-40-15-26-16-41(32(43)25-19-46-22-47-20-25)13-14-42(26)28(18-40)29(23-9-5-3-6-10-23)24-11-7-4-8-12-24;;/h3-12,25-26,28-29H,13-22H2,1-2H3;2*1H/t26-,28+;;/m1../s1. The van der Waals surface area contributed by atoms with E-state index in [-0.39, 0.29) is 91.3 Å². The molecule has 50 heavy (non-hydrogen) atoms. The third kappa shape index (κ3) is 9.28. The van der Waals surface area contributed by atoms with Crippen LogP contribution in [0.4, 0.5) is 13.2 Å². The number of rotatable bonds is 10. The fraction of sp³-hybridized carbons (Fsp3) is 0.500. The predicted octanol–water partition coefficient (Wildman–Crippen LogP) is 4.43. The second kappa shape index (κ2) is 17.7. The third-order valence-electron chi connectivity index (χ3n) is 9.08. The van der Waals surface area contributed by atoms with E-state index in [1.165, 1.54) is 14.2 Å². The molecule has 0 radical (unpaired) electrons. The van der Waals surface area contributed by atoms with Crippen molar-refractivity contribution in [1.82, 2.24) is 24.7 Å². The Morgan fingerprint density at radius 2 is 1.50 bits per heavy atom. The van der Waals surface area contributed by atoms with Crippen LogP contribution in [-0.4, -0.2) is 122 Å². The van der Waals surface area contributed by atoms with Crippen LogP contribution in [0.1, 0.15) is 22.6 Å². The first kappa shape index (κ1) is 39.4. The smallest absolute Gasteiger partial charge is 0.422 e. The number of carbonyl (C=O) groups excluding carboxylic acids is 1. The third-order valence-corrected chi connectivity index (χ3v) is 9.08. The van der Waals surface area contributed by atoms with Crippen molar-refractivity contribution in [2.75, 3.05) is 73.6 Å². The molecule has 1 aromatic heterocycles. The van der Waals surface area contributed by atoms with E-state index in [2.05, 4.69) is 44.0 Å². The molecule has 11 nitrogen and oxygen atoms in total. The fourth-order valence-electron chi connectivity index (χ4n) is 7.00. The normalized spacial score (nSPS) is 20.3. The lowest BCUT2D eigenvalue weighted by Crippen LogP contribution is -2.67. The van der Waals surface area contributed by atoms with E-state index in [9.17, 15) is 18.0 Å². The molecule has 3 saturated heterocycles. The summed E-state index contributed by atoms with van der Waals surface area (Å²) in [5, 5.41) is 0. The molecule has 274 valence electrons. The van der Waals surface area contributed by atoms with Gasteiger partial charge in [-0.05, 0) is 11.1 Å². The molecule has 2 aromatic carbocycles. The van der Waals surface area contributed by atoms with Gasteiger partial charge in [0.2, 0.25) is 17.7 Å². The van der Waals surface area contributed by atoms with Gasteiger partial charge in [-0.15, -0.1) is 24.8 Å². The molecule has 0 spiro atoms. The molecular formula is C34H42Cl2F3N5O6. The fourth-order valence-corrected chi connectivity index (χ4v) is 7.00. The maximum absolute atomic E-state index is 13.6. The van der Waals surface area contributed by atoms with Gasteiger partial charge in [-0.25, -0.2) is 0 Å². The van der Waals surface area contributed by atoms with E-state index in [0.717, 1.165) is 11.1 Å². The molecule has 1 amide bonds. The summed E-state index contributed by atoms with van der Waals surface area (Å²) in [5.41, 5.74) is 2.57. The molecule has 6 rings (SSSR count). The SMILES string of the molecule is COc1nc(OC)c(CN2C[C@@H]3CN(C(=O)C4COCOC4)CCN3[C@H](C(c3ccccc3)c3ccccc3)C2)c(OCC(F)(F)F)n1.Cl.Cl. The highest BCUT2D eigenvalue weighted by molar-refractivity contribution is 5.85. The van der Waals surface area contributed by atoms with Gasteiger partial charge in [-0.1, -0.05) is 60.7 Å². The largest absolute Gasteiger partial charge is 0.481 e. The topological polar surface area (TPSA) is 98.7 Å². The monoisotopic (exact) mass is 743 g/mol. The number of methoxy groups -OCH3 is 2. The van der Waals surface area contributed by atoms with Crippen molar-refractivity contribution in [3.63, 3.8) is 0 Å². The minimum absolute atomic E-state index is 0. The van der Waals surface area contributed by atoms with Gasteiger partial charge in [0, 0.05) is 57.3 Å². The average Bonchev–Trinajstić information content (AvgIpc) is 3.11. The summed E-state index contributed by atoms with van der Waals surface area (Å²) >= 11 is 0. The number of hydrogen-bond acceptors (Lipinski definition) is 10. The second-order valence-corrected chi connectivity index (χ2v) is 12.2. The molecule has 0 bridgehead atoms. The Labute approximate surface area is 301 Å². The Morgan fingerprint density at radius 3 is 2.08 bits per heavy atom. The molecule has 0 aliphatic carbocycles. The zero-order valence-corrected chi connectivity index (χ0v) is 29.4. The van der Waals surface area contributed by atoms with Crippen molar-refractivity contribution < 1.29 is 41.7 Å². The van der Waals surface area contributed by atoms with Gasteiger partial charge in [-0.2, -0.15) is 23.1 Å². The van der Waals surface area contributed by atoms with Crippen molar-refractivity contribution in [1.29, 1.82) is 0 Å². The van der Waals surface area contributed by atoms with Crippen molar-refractivity contribution >= 4 is 30.7 Å². The summed E-state index contributed by atoms with van der Waals surface area (Å²) < 4.78 is 66.6. The number of benzene rings is 2. The summed E-state index contributed by atoms with van der Waals surface area (Å²) in [6, 6.07) is 20.3. The summed E-state index contributed by atoms with van der Waals surface area (Å²) in [6.07, 6.45) is -4.58. The lowest BCUT2D eigenvalue weighted by Gasteiger charge is -2.54. The van der Waals surface area contributed by atoms with Crippen LogP contribution in [0.25, 0.3) is 0 Å². The number of hydrogen-bond donors (Lipinski definition) is 0. The zero-order valence-electron chi connectivity index (χ0n) is 27.8. The Balaban J connectivity index is 0.00000281. The first-order valence-corrected chi connectivity index (χ1v) is 15.9. The number of aromatic nitrogens is 2. The number of ether oxygens (including phenoxy) is 5. The maximum atomic E-state index is 13.6. The molecule has 3 aliphatic heterocycles. The molecule has 0 saturated carbocycles. The molecule has 0 unspecified atom stereocenters. The number of alkyl halides is 3. The van der Waals surface area contributed by atoms with Crippen LogP contribution in [0.3, 0.4) is 0 Å². The molecule has 2 atom stereocenters. The Bertz CT molecular complexity index is 1480. The highest BCUT2D eigenvalue weighted by Gasteiger charge is 2.44. The molecule has 16 heteroatoms. The molecule has 4 heterocycles. The minimum atomic E-state index is -4.58. The van der Waals surface area contributed by atoms with Gasteiger partial charge in [0.15, 0.2) is 6.61 Å². The quantitative estimate of drug-likeness (QED) is 0.297. The summed E-state index contributed by atoms with van der Waals surface area (Å²) in [4.78, 5) is 28.5. The molecule has 0 N–H and O–H groups in total. The number of fused-ring (bicyclic) bond motifs is 1. The zero-order chi connectivity index (χ0) is 33.7. The van der Waals surface area contributed by atoms with Crippen LogP contribution in [0.15, 0.2) is 60.7 Å².